The van der Waals surface area contributed by atoms with Gasteiger partial charge in [0.25, 0.3) is 0 Å². The Morgan fingerprint density at radius 1 is 0.595 bits per heavy atom. The first-order valence-electron chi connectivity index (χ1n) is 16.2. The number of ether oxygens (including phenoxy) is 1. The van der Waals surface area contributed by atoms with Gasteiger partial charge in [0.2, 0.25) is 0 Å². The molecule has 1 atom stereocenters. The van der Waals surface area contributed by atoms with Crippen LogP contribution < -0.4 is 0 Å². The van der Waals surface area contributed by atoms with Crippen molar-refractivity contribution in [1.82, 2.24) is 0 Å². The molecule has 0 rings (SSSR count). The fourth-order valence-corrected chi connectivity index (χ4v) is 4.84. The Morgan fingerprint density at radius 2 is 1.00 bits per heavy atom. The van der Waals surface area contributed by atoms with E-state index < -0.39 is 12.1 Å². The fourth-order valence-electron chi connectivity index (χ4n) is 4.84. The molecule has 1 N–H and O–H groups in total. The summed E-state index contributed by atoms with van der Waals surface area (Å²) in [6.07, 6.45) is 33.9. The van der Waals surface area contributed by atoms with E-state index in [0.717, 1.165) is 25.7 Å². The maximum atomic E-state index is 12.2. The number of hydrogen-bond acceptors (Lipinski definition) is 3. The molecule has 0 fully saturated rings. The van der Waals surface area contributed by atoms with Gasteiger partial charge in [-0.3, -0.25) is 9.59 Å². The van der Waals surface area contributed by atoms with Gasteiger partial charge in [0.15, 0.2) is 0 Å². The van der Waals surface area contributed by atoms with Gasteiger partial charge in [-0.1, -0.05) is 135 Å². The third kappa shape index (κ3) is 29.1. The van der Waals surface area contributed by atoms with Gasteiger partial charge >= 0.3 is 11.9 Å². The zero-order valence-corrected chi connectivity index (χ0v) is 24.8. The summed E-state index contributed by atoms with van der Waals surface area (Å²) in [5.74, 6) is -1.11. The summed E-state index contributed by atoms with van der Waals surface area (Å²) in [5, 5.41) is 9.12. The Morgan fingerprint density at radius 3 is 1.46 bits per heavy atom. The first-order valence-corrected chi connectivity index (χ1v) is 16.2. The van der Waals surface area contributed by atoms with Crippen molar-refractivity contribution in [3.8, 4) is 0 Å². The second-order valence-corrected chi connectivity index (χ2v) is 11.0. The lowest BCUT2D eigenvalue weighted by atomic mass is 10.0. The number of allylic oxidation sites excluding steroid dienone is 2. The van der Waals surface area contributed by atoms with Gasteiger partial charge in [-0.25, -0.2) is 0 Å². The molecule has 0 bridgehead atoms. The van der Waals surface area contributed by atoms with E-state index in [1.54, 1.807) is 0 Å². The van der Waals surface area contributed by atoms with Crippen LogP contribution in [0.4, 0.5) is 0 Å². The molecule has 1 unspecified atom stereocenters. The van der Waals surface area contributed by atoms with E-state index in [0.29, 0.717) is 12.8 Å². The number of carbonyl (C=O) groups excluding carboxylic acids is 1. The quantitative estimate of drug-likeness (QED) is 0.0602. The van der Waals surface area contributed by atoms with Crippen molar-refractivity contribution >= 4 is 11.9 Å². The van der Waals surface area contributed by atoms with Crippen molar-refractivity contribution in [3.05, 3.63) is 12.2 Å². The van der Waals surface area contributed by atoms with Crippen LogP contribution in [-0.4, -0.2) is 23.1 Å². The Labute approximate surface area is 230 Å². The van der Waals surface area contributed by atoms with E-state index in [4.69, 9.17) is 9.84 Å². The van der Waals surface area contributed by atoms with Crippen LogP contribution >= 0.6 is 0 Å². The van der Waals surface area contributed by atoms with Crippen molar-refractivity contribution < 1.29 is 19.4 Å². The van der Waals surface area contributed by atoms with Crippen molar-refractivity contribution in [2.24, 2.45) is 0 Å². The first kappa shape index (κ1) is 35.7. The van der Waals surface area contributed by atoms with Gasteiger partial charge in [-0.05, 0) is 44.9 Å². The number of esters is 1. The molecular weight excluding hydrogens is 460 g/mol. The topological polar surface area (TPSA) is 63.6 Å². The molecule has 0 aromatic heterocycles. The largest absolute Gasteiger partial charge is 0.481 e. The lowest BCUT2D eigenvalue weighted by Crippen LogP contribution is -2.21. The molecule has 218 valence electrons. The third-order valence-electron chi connectivity index (χ3n) is 7.22. The predicted molar refractivity (Wildman–Crippen MR) is 158 cm³/mol. The third-order valence-corrected chi connectivity index (χ3v) is 7.22. The van der Waals surface area contributed by atoms with Crippen LogP contribution in [0.25, 0.3) is 0 Å². The van der Waals surface area contributed by atoms with Crippen molar-refractivity contribution in [1.29, 1.82) is 0 Å². The van der Waals surface area contributed by atoms with Crippen LogP contribution in [0, 0.1) is 0 Å². The second kappa shape index (κ2) is 29.2. The average molecular weight is 523 g/mol. The normalized spacial score (nSPS) is 12.3. The minimum absolute atomic E-state index is 0.0732. The number of carboxylic acid groups (broad SMARTS) is 1. The number of rotatable bonds is 29. The van der Waals surface area contributed by atoms with Crippen molar-refractivity contribution in [3.63, 3.8) is 0 Å². The lowest BCUT2D eigenvalue weighted by Gasteiger charge is -2.16. The maximum Gasteiger partial charge on any atom is 0.307 e. The molecular formula is C33H62O4. The minimum Gasteiger partial charge on any atom is -0.481 e. The Balaban J connectivity index is 3.55. The highest BCUT2D eigenvalue weighted by atomic mass is 16.5. The molecule has 0 amide bonds. The Bertz CT molecular complexity index is 528. The molecule has 0 aromatic carbocycles. The molecule has 0 radical (unpaired) electrons. The molecule has 0 spiro atoms. The van der Waals surface area contributed by atoms with Gasteiger partial charge < -0.3 is 9.84 Å². The highest BCUT2D eigenvalue weighted by Gasteiger charge is 2.17. The number of hydrogen-bond donors (Lipinski definition) is 1. The average Bonchev–Trinajstić information content (AvgIpc) is 2.87. The van der Waals surface area contributed by atoms with Gasteiger partial charge in [0.1, 0.15) is 6.10 Å². The molecule has 4 heteroatoms. The zero-order chi connectivity index (χ0) is 27.2. The molecule has 37 heavy (non-hydrogen) atoms. The van der Waals surface area contributed by atoms with Crippen LogP contribution in [0.1, 0.15) is 181 Å². The monoisotopic (exact) mass is 522 g/mol. The smallest absolute Gasteiger partial charge is 0.307 e. The van der Waals surface area contributed by atoms with Gasteiger partial charge in [-0.15, -0.1) is 0 Å². The summed E-state index contributed by atoms with van der Waals surface area (Å²) in [6.45, 7) is 4.47. The second-order valence-electron chi connectivity index (χ2n) is 11.0. The van der Waals surface area contributed by atoms with E-state index in [9.17, 15) is 9.59 Å². The van der Waals surface area contributed by atoms with Crippen LogP contribution in [0.2, 0.25) is 0 Å². The van der Waals surface area contributed by atoms with E-state index in [1.807, 2.05) is 0 Å². The summed E-state index contributed by atoms with van der Waals surface area (Å²) in [6, 6.07) is 0. The zero-order valence-electron chi connectivity index (χ0n) is 24.8. The fraction of sp³-hybridized carbons (Fsp3) is 0.879. The SMILES string of the molecule is CCCCCCCC/C=C\CCCCCCCCCCCC(=O)OC(CCCCCCCC)CC(=O)O. The van der Waals surface area contributed by atoms with Crippen molar-refractivity contribution in [2.45, 2.75) is 187 Å². The highest BCUT2D eigenvalue weighted by molar-refractivity contribution is 5.71. The summed E-state index contributed by atoms with van der Waals surface area (Å²) in [5.41, 5.74) is 0. The molecule has 0 heterocycles. The van der Waals surface area contributed by atoms with Crippen LogP contribution in [0.3, 0.4) is 0 Å². The van der Waals surface area contributed by atoms with E-state index >= 15 is 0 Å². The Hall–Kier alpha value is -1.32. The van der Waals surface area contributed by atoms with Crippen LogP contribution in [-0.2, 0) is 14.3 Å². The van der Waals surface area contributed by atoms with Gasteiger partial charge in [-0.2, -0.15) is 0 Å². The van der Waals surface area contributed by atoms with Crippen LogP contribution in [0.5, 0.6) is 0 Å². The number of carboxylic acids is 1. The molecule has 0 aromatic rings. The Kier molecular flexibility index (Phi) is 28.2. The van der Waals surface area contributed by atoms with Gasteiger partial charge in [0.05, 0.1) is 6.42 Å². The summed E-state index contributed by atoms with van der Waals surface area (Å²) >= 11 is 0. The first-order chi connectivity index (χ1) is 18.1. The maximum absolute atomic E-state index is 12.2. The standard InChI is InChI=1S/C33H62O4/c1-3-5-7-9-11-12-13-14-15-16-17-18-19-20-21-22-23-25-27-29-33(36)37-31(30-32(34)35)28-26-24-10-8-6-4-2/h14-15,31H,3-13,16-30H2,1-2H3,(H,34,35)/b15-14-. The highest BCUT2D eigenvalue weighted by Crippen LogP contribution is 2.16. The summed E-state index contributed by atoms with van der Waals surface area (Å²) in [7, 11) is 0. The minimum atomic E-state index is -0.885. The number of aliphatic carboxylic acids is 1. The predicted octanol–water partition coefficient (Wildman–Crippen LogP) is 10.7. The van der Waals surface area contributed by atoms with E-state index in [2.05, 4.69) is 26.0 Å². The molecule has 0 aliphatic rings. The summed E-state index contributed by atoms with van der Waals surface area (Å²) in [4.78, 5) is 23.3. The van der Waals surface area contributed by atoms with Crippen LogP contribution in [0.15, 0.2) is 12.2 Å². The number of carbonyl (C=O) groups is 2. The van der Waals surface area contributed by atoms with E-state index in [-0.39, 0.29) is 12.4 Å². The molecule has 0 saturated heterocycles. The molecule has 0 aliphatic carbocycles. The molecule has 0 aliphatic heterocycles. The summed E-state index contributed by atoms with van der Waals surface area (Å²) < 4.78 is 5.50. The molecule has 0 saturated carbocycles. The number of unbranched alkanes of at least 4 members (excludes halogenated alkanes) is 20. The lowest BCUT2D eigenvalue weighted by molar-refractivity contribution is -0.153. The van der Waals surface area contributed by atoms with E-state index in [1.165, 1.54) is 122 Å². The molecule has 4 nitrogen and oxygen atoms in total. The van der Waals surface area contributed by atoms with Crippen molar-refractivity contribution in [2.75, 3.05) is 0 Å². The van der Waals surface area contributed by atoms with Gasteiger partial charge in [0, 0.05) is 6.42 Å².